The summed E-state index contributed by atoms with van der Waals surface area (Å²) >= 11 is 0. The van der Waals surface area contributed by atoms with Crippen LogP contribution in [-0.2, 0) is 9.53 Å². The summed E-state index contributed by atoms with van der Waals surface area (Å²) in [4.78, 5) is 29.1. The van der Waals surface area contributed by atoms with E-state index in [1.54, 1.807) is 27.7 Å². The van der Waals surface area contributed by atoms with E-state index in [2.05, 4.69) is 58.7 Å². The highest BCUT2D eigenvalue weighted by Gasteiger charge is 2.30. The number of nitrogens with zero attached hydrogens (tertiary/aromatic N) is 2. The summed E-state index contributed by atoms with van der Waals surface area (Å²) in [5, 5.41) is 2.65. The number of piperazine rings is 1. The van der Waals surface area contributed by atoms with Crippen molar-refractivity contribution in [3.8, 4) is 0 Å². The summed E-state index contributed by atoms with van der Waals surface area (Å²) in [7, 11) is 0. The molecule has 0 aromatic heterocycles. The summed E-state index contributed by atoms with van der Waals surface area (Å²) in [6, 6.07) is 20.5. The quantitative estimate of drug-likeness (QED) is 0.794. The number of hydrogen-bond acceptors (Lipinski definition) is 4. The number of hydrogen-bond donors (Lipinski definition) is 1. The SMILES string of the molecule is C[C@@H](NC(=O)OC(C)(C)C)C(=O)N1CCN(C(c2ccccc2)c2ccccc2)CC1. The van der Waals surface area contributed by atoms with Crippen molar-refractivity contribution in [2.45, 2.75) is 45.4 Å². The van der Waals surface area contributed by atoms with Crippen LogP contribution in [0.1, 0.15) is 44.9 Å². The molecule has 2 amide bonds. The molecule has 3 rings (SSSR count). The van der Waals surface area contributed by atoms with Crippen LogP contribution >= 0.6 is 0 Å². The second-order valence-electron chi connectivity index (χ2n) is 8.95. The summed E-state index contributed by atoms with van der Waals surface area (Å²) in [5.74, 6) is -0.0820. The Labute approximate surface area is 185 Å². The van der Waals surface area contributed by atoms with Crippen molar-refractivity contribution in [2.75, 3.05) is 26.2 Å². The lowest BCUT2D eigenvalue weighted by Gasteiger charge is -2.40. The van der Waals surface area contributed by atoms with Gasteiger partial charge in [-0.05, 0) is 38.8 Å². The van der Waals surface area contributed by atoms with Gasteiger partial charge < -0.3 is 15.0 Å². The second-order valence-corrected chi connectivity index (χ2v) is 8.95. The number of carbonyl (C=O) groups excluding carboxylic acids is 2. The van der Waals surface area contributed by atoms with E-state index < -0.39 is 17.7 Å². The van der Waals surface area contributed by atoms with Crippen molar-refractivity contribution < 1.29 is 14.3 Å². The van der Waals surface area contributed by atoms with Gasteiger partial charge in [0.25, 0.3) is 0 Å². The zero-order valence-corrected chi connectivity index (χ0v) is 18.9. The summed E-state index contributed by atoms with van der Waals surface area (Å²) < 4.78 is 5.26. The van der Waals surface area contributed by atoms with Crippen LogP contribution in [0.5, 0.6) is 0 Å². The van der Waals surface area contributed by atoms with Crippen LogP contribution in [0.3, 0.4) is 0 Å². The van der Waals surface area contributed by atoms with Crippen LogP contribution in [0.15, 0.2) is 60.7 Å². The van der Waals surface area contributed by atoms with E-state index in [1.807, 2.05) is 17.0 Å². The van der Waals surface area contributed by atoms with E-state index in [1.165, 1.54) is 11.1 Å². The molecule has 0 radical (unpaired) electrons. The molecule has 0 bridgehead atoms. The lowest BCUT2D eigenvalue weighted by molar-refractivity contribution is -0.135. The molecule has 1 heterocycles. The van der Waals surface area contributed by atoms with Crippen LogP contribution in [-0.4, -0.2) is 59.6 Å². The Morgan fingerprint density at radius 2 is 1.35 bits per heavy atom. The van der Waals surface area contributed by atoms with Crippen LogP contribution < -0.4 is 5.32 Å². The number of nitrogens with one attached hydrogen (secondary N) is 1. The number of benzene rings is 2. The molecule has 166 valence electrons. The van der Waals surface area contributed by atoms with E-state index in [-0.39, 0.29) is 11.9 Å². The van der Waals surface area contributed by atoms with Gasteiger partial charge in [0.15, 0.2) is 0 Å². The van der Waals surface area contributed by atoms with E-state index in [0.29, 0.717) is 13.1 Å². The highest BCUT2D eigenvalue weighted by Crippen LogP contribution is 2.29. The van der Waals surface area contributed by atoms with E-state index in [0.717, 1.165) is 13.1 Å². The predicted octanol–water partition coefficient (Wildman–Crippen LogP) is 3.83. The first-order valence-electron chi connectivity index (χ1n) is 10.9. The fourth-order valence-corrected chi connectivity index (χ4v) is 3.91. The molecule has 0 aliphatic carbocycles. The molecule has 6 nitrogen and oxygen atoms in total. The zero-order valence-electron chi connectivity index (χ0n) is 18.9. The molecule has 1 atom stereocenters. The Hall–Kier alpha value is -2.86. The van der Waals surface area contributed by atoms with Gasteiger partial charge >= 0.3 is 6.09 Å². The molecule has 1 fully saturated rings. The molecule has 0 saturated carbocycles. The highest BCUT2D eigenvalue weighted by atomic mass is 16.6. The van der Waals surface area contributed by atoms with E-state index in [9.17, 15) is 9.59 Å². The summed E-state index contributed by atoms with van der Waals surface area (Å²) in [6.45, 7) is 9.87. The molecule has 0 spiro atoms. The maximum Gasteiger partial charge on any atom is 0.408 e. The van der Waals surface area contributed by atoms with Crippen LogP contribution in [0.2, 0.25) is 0 Å². The molecule has 2 aromatic carbocycles. The fourth-order valence-electron chi connectivity index (χ4n) is 3.91. The van der Waals surface area contributed by atoms with E-state index >= 15 is 0 Å². The number of ether oxygens (including phenoxy) is 1. The Morgan fingerprint density at radius 1 is 0.871 bits per heavy atom. The molecule has 1 N–H and O–H groups in total. The molecule has 2 aromatic rings. The maximum absolute atomic E-state index is 12.9. The molecule has 0 unspecified atom stereocenters. The third-order valence-corrected chi connectivity index (χ3v) is 5.33. The summed E-state index contributed by atoms with van der Waals surface area (Å²) in [6.07, 6.45) is -0.569. The van der Waals surface area contributed by atoms with Gasteiger partial charge in [0, 0.05) is 26.2 Å². The molecule has 31 heavy (non-hydrogen) atoms. The number of rotatable bonds is 5. The first-order chi connectivity index (χ1) is 14.7. The van der Waals surface area contributed by atoms with Gasteiger partial charge in [-0.2, -0.15) is 0 Å². The van der Waals surface area contributed by atoms with Crippen molar-refractivity contribution in [3.05, 3.63) is 71.8 Å². The van der Waals surface area contributed by atoms with Gasteiger partial charge in [0.2, 0.25) is 5.91 Å². The fraction of sp³-hybridized carbons (Fsp3) is 0.440. The Balaban J connectivity index is 1.63. The number of carbonyl (C=O) groups is 2. The van der Waals surface area contributed by atoms with Crippen molar-refractivity contribution in [3.63, 3.8) is 0 Å². The molecule has 1 aliphatic rings. The van der Waals surface area contributed by atoms with Gasteiger partial charge in [0.05, 0.1) is 6.04 Å². The highest BCUT2D eigenvalue weighted by molar-refractivity contribution is 5.85. The number of alkyl carbamates (subject to hydrolysis) is 1. The van der Waals surface area contributed by atoms with Crippen LogP contribution in [0.25, 0.3) is 0 Å². The average molecular weight is 424 g/mol. The maximum atomic E-state index is 12.9. The first-order valence-corrected chi connectivity index (χ1v) is 10.9. The van der Waals surface area contributed by atoms with Crippen molar-refractivity contribution in [1.82, 2.24) is 15.1 Å². The molecule has 1 aliphatic heterocycles. The summed E-state index contributed by atoms with van der Waals surface area (Å²) in [5.41, 5.74) is 1.89. The monoisotopic (exact) mass is 423 g/mol. The minimum Gasteiger partial charge on any atom is -0.444 e. The second kappa shape index (κ2) is 9.96. The van der Waals surface area contributed by atoms with Gasteiger partial charge in [-0.15, -0.1) is 0 Å². The van der Waals surface area contributed by atoms with Gasteiger partial charge in [-0.3, -0.25) is 9.69 Å². The van der Waals surface area contributed by atoms with E-state index in [4.69, 9.17) is 4.74 Å². The van der Waals surface area contributed by atoms with Crippen molar-refractivity contribution in [1.29, 1.82) is 0 Å². The minimum atomic E-state index is -0.625. The predicted molar refractivity (Wildman–Crippen MR) is 122 cm³/mol. The molecule has 1 saturated heterocycles. The Morgan fingerprint density at radius 3 is 1.81 bits per heavy atom. The van der Waals surface area contributed by atoms with Crippen molar-refractivity contribution in [2.24, 2.45) is 0 Å². The first kappa shape index (κ1) is 22.8. The third-order valence-electron chi connectivity index (χ3n) is 5.33. The molecule has 6 heteroatoms. The normalized spacial score (nSPS) is 16.1. The topological polar surface area (TPSA) is 61.9 Å². The van der Waals surface area contributed by atoms with Gasteiger partial charge in [-0.1, -0.05) is 60.7 Å². The smallest absolute Gasteiger partial charge is 0.408 e. The molecular formula is C25H33N3O3. The lowest BCUT2D eigenvalue weighted by Crippen LogP contribution is -2.55. The average Bonchev–Trinajstić information content (AvgIpc) is 2.74. The minimum absolute atomic E-state index is 0.0820. The zero-order chi connectivity index (χ0) is 22.4. The van der Waals surface area contributed by atoms with Crippen LogP contribution in [0, 0.1) is 0 Å². The largest absolute Gasteiger partial charge is 0.444 e. The molecular weight excluding hydrogens is 390 g/mol. The third kappa shape index (κ3) is 6.31. The standard InChI is InChI=1S/C25H33N3O3/c1-19(26-24(30)31-25(2,3)4)23(29)28-17-15-27(16-18-28)22(20-11-7-5-8-12-20)21-13-9-6-10-14-21/h5-14,19,22H,15-18H2,1-4H3,(H,26,30)/t19-/m1/s1. The van der Waals surface area contributed by atoms with Gasteiger partial charge in [-0.25, -0.2) is 4.79 Å². The van der Waals surface area contributed by atoms with Crippen LogP contribution in [0.4, 0.5) is 4.79 Å². The Bertz CT molecular complexity index is 817. The number of amides is 2. The Kier molecular flexibility index (Phi) is 7.33. The van der Waals surface area contributed by atoms with Crippen molar-refractivity contribution >= 4 is 12.0 Å². The lowest BCUT2D eigenvalue weighted by atomic mass is 9.96. The van der Waals surface area contributed by atoms with Gasteiger partial charge in [0.1, 0.15) is 11.6 Å².